The van der Waals surface area contributed by atoms with Gasteiger partial charge in [-0.25, -0.2) is 0 Å². The number of methoxy groups -OCH3 is 2. The van der Waals surface area contributed by atoms with Crippen molar-refractivity contribution in [2.24, 2.45) is 0 Å². The van der Waals surface area contributed by atoms with Crippen LogP contribution in [0.25, 0.3) is 0 Å². The van der Waals surface area contributed by atoms with Crippen molar-refractivity contribution in [3.8, 4) is 11.5 Å². The molecule has 0 radical (unpaired) electrons. The molecular formula is C14H18ClN3O3S. The fourth-order valence-electron chi connectivity index (χ4n) is 2.18. The van der Waals surface area contributed by atoms with Gasteiger partial charge >= 0.3 is 0 Å². The van der Waals surface area contributed by atoms with E-state index < -0.39 is 0 Å². The number of benzene rings is 1. The highest BCUT2D eigenvalue weighted by Gasteiger charge is 2.19. The highest BCUT2D eigenvalue weighted by molar-refractivity contribution is 7.80. The number of amides is 1. The summed E-state index contributed by atoms with van der Waals surface area (Å²) in [6.07, 6.45) is 0.862. The van der Waals surface area contributed by atoms with E-state index in [-0.39, 0.29) is 0 Å². The van der Waals surface area contributed by atoms with Crippen LogP contribution in [0.2, 0.25) is 5.02 Å². The number of thiocarbonyl (C=S) groups is 1. The lowest BCUT2D eigenvalue weighted by Crippen LogP contribution is -2.49. The van der Waals surface area contributed by atoms with Crippen LogP contribution < -0.4 is 14.8 Å². The van der Waals surface area contributed by atoms with Gasteiger partial charge in [-0.3, -0.25) is 4.79 Å². The first kappa shape index (κ1) is 16.6. The van der Waals surface area contributed by atoms with E-state index in [1.807, 2.05) is 4.90 Å². The molecule has 1 aromatic rings. The first-order chi connectivity index (χ1) is 10.6. The molecule has 0 bridgehead atoms. The predicted octanol–water partition coefficient (Wildman–Crippen LogP) is 1.83. The number of nitrogens with zero attached hydrogens (tertiary/aromatic N) is 2. The second kappa shape index (κ2) is 7.51. The molecule has 1 fully saturated rings. The second-order valence-electron chi connectivity index (χ2n) is 4.75. The largest absolute Gasteiger partial charge is 0.495 e. The molecule has 120 valence electrons. The average molecular weight is 344 g/mol. The van der Waals surface area contributed by atoms with Crippen molar-refractivity contribution in [2.45, 2.75) is 0 Å². The number of hydrogen-bond donors (Lipinski definition) is 1. The Hall–Kier alpha value is -1.73. The highest BCUT2D eigenvalue weighted by atomic mass is 35.5. The molecule has 0 atom stereocenters. The van der Waals surface area contributed by atoms with Gasteiger partial charge in [0.15, 0.2) is 5.11 Å². The van der Waals surface area contributed by atoms with E-state index in [9.17, 15) is 4.79 Å². The van der Waals surface area contributed by atoms with Crippen LogP contribution in [0, 0.1) is 0 Å². The molecule has 1 aliphatic rings. The van der Waals surface area contributed by atoms with Crippen LogP contribution >= 0.6 is 23.8 Å². The van der Waals surface area contributed by atoms with Crippen LogP contribution in [0.5, 0.6) is 11.5 Å². The van der Waals surface area contributed by atoms with Crippen LogP contribution in [0.15, 0.2) is 12.1 Å². The Kier molecular flexibility index (Phi) is 5.68. The topological polar surface area (TPSA) is 54.0 Å². The molecule has 0 aromatic heterocycles. The number of carbonyl (C=O) groups excluding carboxylic acids is 1. The van der Waals surface area contributed by atoms with E-state index in [2.05, 4.69) is 5.32 Å². The molecule has 22 heavy (non-hydrogen) atoms. The van der Waals surface area contributed by atoms with Gasteiger partial charge in [0.25, 0.3) is 0 Å². The maximum Gasteiger partial charge on any atom is 0.209 e. The van der Waals surface area contributed by atoms with Gasteiger partial charge in [-0.05, 0) is 12.2 Å². The Balaban J connectivity index is 2.09. The van der Waals surface area contributed by atoms with E-state index in [0.29, 0.717) is 53.5 Å². The van der Waals surface area contributed by atoms with Crippen LogP contribution in [-0.4, -0.2) is 61.7 Å². The van der Waals surface area contributed by atoms with Gasteiger partial charge < -0.3 is 24.6 Å². The summed E-state index contributed by atoms with van der Waals surface area (Å²) >= 11 is 11.5. The van der Waals surface area contributed by atoms with Crippen molar-refractivity contribution in [1.82, 2.24) is 9.80 Å². The molecule has 1 aliphatic heterocycles. The van der Waals surface area contributed by atoms with Crippen molar-refractivity contribution in [3.63, 3.8) is 0 Å². The molecule has 1 N–H and O–H groups in total. The third-order valence-electron chi connectivity index (χ3n) is 3.47. The molecule has 1 saturated heterocycles. The summed E-state index contributed by atoms with van der Waals surface area (Å²) < 4.78 is 10.5. The SMILES string of the molecule is COc1cc(NC(=S)N2CCN(C=O)CC2)c(OC)cc1Cl. The standard InChI is InChI=1S/C14H18ClN3O3S/c1-20-12-8-11(13(21-2)7-10(12)15)16-14(22)18-5-3-17(9-19)4-6-18/h7-9H,3-6H2,1-2H3,(H,16,22). The number of ether oxygens (including phenoxy) is 2. The molecule has 0 saturated carbocycles. The van der Waals surface area contributed by atoms with E-state index >= 15 is 0 Å². The minimum atomic E-state index is 0.468. The quantitative estimate of drug-likeness (QED) is 0.665. The number of nitrogens with one attached hydrogen (secondary N) is 1. The monoisotopic (exact) mass is 343 g/mol. The van der Waals surface area contributed by atoms with Crippen LogP contribution in [0.3, 0.4) is 0 Å². The first-order valence-electron chi connectivity index (χ1n) is 6.75. The summed E-state index contributed by atoms with van der Waals surface area (Å²) in [6.45, 7) is 2.70. The Bertz CT molecular complexity index is 563. The van der Waals surface area contributed by atoms with E-state index in [1.54, 1.807) is 31.3 Å². The molecule has 8 heteroatoms. The summed E-state index contributed by atoms with van der Waals surface area (Å²) in [5.41, 5.74) is 0.687. The van der Waals surface area contributed by atoms with Crippen molar-refractivity contribution < 1.29 is 14.3 Å². The number of piperazine rings is 1. The van der Waals surface area contributed by atoms with Crippen LogP contribution in [-0.2, 0) is 4.79 Å². The minimum Gasteiger partial charge on any atom is -0.495 e. The average Bonchev–Trinajstić information content (AvgIpc) is 2.55. The smallest absolute Gasteiger partial charge is 0.209 e. The summed E-state index contributed by atoms with van der Waals surface area (Å²) in [6, 6.07) is 3.42. The summed E-state index contributed by atoms with van der Waals surface area (Å²) in [5, 5.41) is 4.20. The van der Waals surface area contributed by atoms with Gasteiger partial charge in [0, 0.05) is 38.3 Å². The molecule has 0 unspecified atom stereocenters. The molecule has 6 nitrogen and oxygen atoms in total. The van der Waals surface area contributed by atoms with Crippen LogP contribution in [0.4, 0.5) is 5.69 Å². The molecular weight excluding hydrogens is 326 g/mol. The Morgan fingerprint density at radius 1 is 1.23 bits per heavy atom. The lowest BCUT2D eigenvalue weighted by atomic mass is 10.2. The molecule has 0 aliphatic carbocycles. The molecule has 1 amide bonds. The van der Waals surface area contributed by atoms with Gasteiger partial charge in [-0.1, -0.05) is 11.6 Å². The first-order valence-corrected chi connectivity index (χ1v) is 7.54. The summed E-state index contributed by atoms with van der Waals surface area (Å²) in [7, 11) is 3.11. The zero-order chi connectivity index (χ0) is 16.1. The maximum absolute atomic E-state index is 10.7. The zero-order valence-corrected chi connectivity index (χ0v) is 14.0. The molecule has 1 heterocycles. The normalized spacial score (nSPS) is 14.5. The van der Waals surface area contributed by atoms with E-state index in [0.717, 1.165) is 6.41 Å². The Labute approximate surface area is 139 Å². The number of anilines is 1. The lowest BCUT2D eigenvalue weighted by molar-refractivity contribution is -0.119. The minimum absolute atomic E-state index is 0.468. The van der Waals surface area contributed by atoms with Gasteiger partial charge in [-0.2, -0.15) is 0 Å². The fourth-order valence-corrected chi connectivity index (χ4v) is 2.71. The summed E-state index contributed by atoms with van der Waals surface area (Å²) in [4.78, 5) is 14.5. The zero-order valence-electron chi connectivity index (χ0n) is 12.5. The predicted molar refractivity (Wildman–Crippen MR) is 90.0 cm³/mol. The molecule has 0 spiro atoms. The second-order valence-corrected chi connectivity index (χ2v) is 5.54. The van der Waals surface area contributed by atoms with Crippen molar-refractivity contribution in [2.75, 3.05) is 45.7 Å². The van der Waals surface area contributed by atoms with Crippen molar-refractivity contribution in [3.05, 3.63) is 17.2 Å². The number of halogens is 1. The van der Waals surface area contributed by atoms with E-state index in [4.69, 9.17) is 33.3 Å². The number of carbonyl (C=O) groups is 1. The molecule has 2 rings (SSSR count). The van der Waals surface area contributed by atoms with Crippen molar-refractivity contribution >= 4 is 41.0 Å². The third-order valence-corrected chi connectivity index (χ3v) is 4.12. The van der Waals surface area contributed by atoms with Gasteiger partial charge in [-0.15, -0.1) is 0 Å². The fraction of sp³-hybridized carbons (Fsp3) is 0.429. The van der Waals surface area contributed by atoms with Gasteiger partial charge in [0.05, 0.1) is 24.9 Å². The lowest BCUT2D eigenvalue weighted by Gasteiger charge is -2.34. The Morgan fingerprint density at radius 2 is 1.86 bits per heavy atom. The van der Waals surface area contributed by atoms with Crippen LogP contribution in [0.1, 0.15) is 0 Å². The highest BCUT2D eigenvalue weighted by Crippen LogP contribution is 2.36. The van der Waals surface area contributed by atoms with Gasteiger partial charge in [0.1, 0.15) is 11.5 Å². The third kappa shape index (κ3) is 3.72. The van der Waals surface area contributed by atoms with Crippen molar-refractivity contribution in [1.29, 1.82) is 0 Å². The van der Waals surface area contributed by atoms with Gasteiger partial charge in [0.2, 0.25) is 6.41 Å². The number of hydrogen-bond acceptors (Lipinski definition) is 4. The number of rotatable bonds is 4. The summed E-state index contributed by atoms with van der Waals surface area (Å²) in [5.74, 6) is 1.12. The van der Waals surface area contributed by atoms with E-state index in [1.165, 1.54) is 0 Å². The maximum atomic E-state index is 10.7. The Morgan fingerprint density at radius 3 is 2.41 bits per heavy atom. The molecule has 1 aromatic carbocycles.